The zero-order valence-electron chi connectivity index (χ0n) is 13.8. The second-order valence-corrected chi connectivity index (χ2v) is 5.33. The van der Waals surface area contributed by atoms with Gasteiger partial charge >= 0.3 is 0 Å². The van der Waals surface area contributed by atoms with E-state index in [1.807, 2.05) is 0 Å². The first-order valence-corrected chi connectivity index (χ1v) is 7.53. The van der Waals surface area contributed by atoms with Gasteiger partial charge < -0.3 is 21.6 Å². The fraction of sp³-hybridized carbons (Fsp3) is 0.0588. The van der Waals surface area contributed by atoms with Crippen LogP contribution < -0.4 is 21.6 Å². The van der Waals surface area contributed by atoms with Crippen LogP contribution in [0.2, 0.25) is 0 Å². The Bertz CT molecular complexity index is 965. The van der Waals surface area contributed by atoms with E-state index >= 15 is 0 Å². The molecule has 1 aromatic carbocycles. The Hall–Kier alpha value is -3.88. The van der Waals surface area contributed by atoms with Crippen molar-refractivity contribution in [2.75, 3.05) is 18.3 Å². The van der Waals surface area contributed by atoms with E-state index in [1.165, 1.54) is 19.6 Å². The number of nitrogen functional groups attached to an aromatic ring is 1. The fourth-order valence-electron chi connectivity index (χ4n) is 2.39. The number of pyridine rings is 1. The monoisotopic (exact) mass is 352 g/mol. The maximum absolute atomic E-state index is 12.3. The number of methoxy groups -OCH3 is 1. The van der Waals surface area contributed by atoms with Crippen molar-refractivity contribution in [2.24, 2.45) is 5.73 Å². The predicted octanol–water partition coefficient (Wildman–Crippen LogP) is 1.02. The Balaban J connectivity index is 1.81. The second-order valence-electron chi connectivity index (χ2n) is 5.33. The molecule has 0 radical (unpaired) electrons. The third-order valence-corrected chi connectivity index (χ3v) is 3.66. The summed E-state index contributed by atoms with van der Waals surface area (Å²) in [5.74, 6) is 5.57. The van der Waals surface area contributed by atoms with Crippen molar-refractivity contribution < 1.29 is 14.3 Å². The summed E-state index contributed by atoms with van der Waals surface area (Å²) in [4.78, 5) is 32.0. The van der Waals surface area contributed by atoms with Gasteiger partial charge in [-0.05, 0) is 18.2 Å². The molecule has 0 spiro atoms. The number of hydrogen-bond donors (Lipinski definition) is 3. The van der Waals surface area contributed by atoms with Crippen molar-refractivity contribution >= 4 is 17.6 Å². The van der Waals surface area contributed by atoms with Crippen LogP contribution in [-0.2, 0) is 0 Å². The lowest BCUT2D eigenvalue weighted by Crippen LogP contribution is -2.21. The number of nitrogens with two attached hydrogens (primary N) is 2. The zero-order chi connectivity index (χ0) is 18.7. The average molecular weight is 352 g/mol. The lowest BCUT2D eigenvalue weighted by atomic mass is 10.1. The molecule has 132 valence electrons. The Morgan fingerprint density at radius 2 is 1.88 bits per heavy atom. The number of nitrogens with zero attached hydrogens (tertiary/aromatic N) is 3. The molecule has 0 atom stereocenters. The van der Waals surface area contributed by atoms with Crippen molar-refractivity contribution in [2.45, 2.75) is 0 Å². The lowest BCUT2D eigenvalue weighted by molar-refractivity contribution is 0.0991. The van der Waals surface area contributed by atoms with E-state index < -0.39 is 5.91 Å². The summed E-state index contributed by atoms with van der Waals surface area (Å²) < 4.78 is 6.15. The van der Waals surface area contributed by atoms with Gasteiger partial charge in [-0.1, -0.05) is 12.1 Å². The molecule has 0 bridgehead atoms. The first kappa shape index (κ1) is 17.0. The third kappa shape index (κ3) is 3.31. The molecule has 0 aliphatic carbocycles. The van der Waals surface area contributed by atoms with Gasteiger partial charge in [0.25, 0.3) is 11.8 Å². The number of anilines is 1. The molecule has 0 unspecified atom stereocenters. The van der Waals surface area contributed by atoms with Crippen molar-refractivity contribution in [1.82, 2.24) is 14.6 Å². The Morgan fingerprint density at radius 3 is 2.54 bits per heavy atom. The molecule has 2 heterocycles. The van der Waals surface area contributed by atoms with Crippen molar-refractivity contribution in [3.8, 4) is 17.0 Å². The van der Waals surface area contributed by atoms with Crippen LogP contribution >= 0.6 is 0 Å². The van der Waals surface area contributed by atoms with Gasteiger partial charge in [0.15, 0.2) is 5.69 Å². The highest BCUT2D eigenvalue weighted by atomic mass is 16.5. The smallest absolute Gasteiger partial charge is 0.269 e. The standard InChI is InChI=1S/C17H16N6O3/c1-26-12-6-7-20-13(8-12)22-17(25)11-4-2-10(3-5-11)14-15(16(18)24)23(19)9-21-14/h2-9H,19H2,1H3,(H2,18,24)(H,20,22,25). The number of primary amides is 1. The van der Waals surface area contributed by atoms with Crippen molar-refractivity contribution in [3.63, 3.8) is 0 Å². The molecule has 2 amide bonds. The summed E-state index contributed by atoms with van der Waals surface area (Å²) in [5, 5.41) is 2.68. The summed E-state index contributed by atoms with van der Waals surface area (Å²) in [7, 11) is 1.53. The zero-order valence-corrected chi connectivity index (χ0v) is 13.8. The van der Waals surface area contributed by atoms with E-state index in [-0.39, 0.29) is 11.6 Å². The van der Waals surface area contributed by atoms with Crippen LogP contribution in [-0.4, -0.2) is 33.6 Å². The molecule has 0 saturated heterocycles. The molecule has 0 saturated carbocycles. The number of ether oxygens (including phenoxy) is 1. The van der Waals surface area contributed by atoms with Crippen LogP contribution in [0.4, 0.5) is 5.82 Å². The molecule has 26 heavy (non-hydrogen) atoms. The Kier molecular flexibility index (Phi) is 4.52. The normalized spacial score (nSPS) is 10.3. The van der Waals surface area contributed by atoms with Crippen LogP contribution in [0, 0.1) is 0 Å². The number of carbonyl (C=O) groups excluding carboxylic acids is 2. The minimum absolute atomic E-state index is 0.0859. The second kappa shape index (κ2) is 6.93. The van der Waals surface area contributed by atoms with Crippen LogP contribution in [0.5, 0.6) is 5.75 Å². The van der Waals surface area contributed by atoms with Crippen LogP contribution in [0.1, 0.15) is 20.8 Å². The molecule has 9 heteroatoms. The van der Waals surface area contributed by atoms with Crippen molar-refractivity contribution in [3.05, 3.63) is 60.2 Å². The minimum atomic E-state index is -0.689. The molecular weight excluding hydrogens is 336 g/mol. The Morgan fingerprint density at radius 1 is 1.15 bits per heavy atom. The summed E-state index contributed by atoms with van der Waals surface area (Å²) in [6.07, 6.45) is 2.83. The number of imidazole rings is 1. The summed E-state index contributed by atoms with van der Waals surface area (Å²) in [6.45, 7) is 0. The number of amides is 2. The molecular formula is C17H16N6O3. The largest absolute Gasteiger partial charge is 0.497 e. The fourth-order valence-corrected chi connectivity index (χ4v) is 2.39. The van der Waals surface area contributed by atoms with E-state index in [9.17, 15) is 9.59 Å². The maximum Gasteiger partial charge on any atom is 0.269 e. The topological polar surface area (TPSA) is 138 Å². The highest BCUT2D eigenvalue weighted by Crippen LogP contribution is 2.22. The molecule has 3 aromatic rings. The first-order valence-electron chi connectivity index (χ1n) is 7.53. The SMILES string of the molecule is COc1ccnc(NC(=O)c2ccc(-c3ncn(N)c3C(N)=O)cc2)c1. The van der Waals surface area contributed by atoms with E-state index in [0.717, 1.165) is 4.68 Å². The minimum Gasteiger partial charge on any atom is -0.497 e. The highest BCUT2D eigenvalue weighted by Gasteiger charge is 2.17. The van der Waals surface area contributed by atoms with Gasteiger partial charge in [0.1, 0.15) is 23.6 Å². The lowest BCUT2D eigenvalue weighted by Gasteiger charge is -2.07. The van der Waals surface area contributed by atoms with E-state index in [0.29, 0.717) is 28.4 Å². The van der Waals surface area contributed by atoms with Gasteiger partial charge in [0, 0.05) is 23.4 Å². The van der Waals surface area contributed by atoms with E-state index in [2.05, 4.69) is 15.3 Å². The molecule has 9 nitrogen and oxygen atoms in total. The van der Waals surface area contributed by atoms with E-state index in [4.69, 9.17) is 16.3 Å². The number of rotatable bonds is 5. The van der Waals surface area contributed by atoms with Gasteiger partial charge in [0.05, 0.1) is 7.11 Å². The van der Waals surface area contributed by atoms with Gasteiger partial charge in [0.2, 0.25) is 0 Å². The quantitative estimate of drug-likeness (QED) is 0.586. The number of aromatic nitrogens is 3. The molecule has 0 aliphatic rings. The summed E-state index contributed by atoms with van der Waals surface area (Å²) in [6, 6.07) is 9.80. The van der Waals surface area contributed by atoms with Gasteiger partial charge in [-0.25, -0.2) is 14.6 Å². The molecule has 5 N–H and O–H groups in total. The number of carbonyl (C=O) groups is 2. The molecule has 3 rings (SSSR count). The Labute approximate surface area is 148 Å². The summed E-state index contributed by atoms with van der Waals surface area (Å²) in [5.41, 5.74) is 6.78. The predicted molar refractivity (Wildman–Crippen MR) is 95.1 cm³/mol. The summed E-state index contributed by atoms with van der Waals surface area (Å²) >= 11 is 0. The highest BCUT2D eigenvalue weighted by molar-refractivity contribution is 6.04. The first-order chi connectivity index (χ1) is 12.5. The molecule has 0 aliphatic heterocycles. The van der Waals surface area contributed by atoms with E-state index in [1.54, 1.807) is 36.4 Å². The van der Waals surface area contributed by atoms with Crippen molar-refractivity contribution in [1.29, 1.82) is 0 Å². The van der Waals surface area contributed by atoms with Gasteiger partial charge in [-0.3, -0.25) is 9.59 Å². The van der Waals surface area contributed by atoms with Crippen LogP contribution in [0.15, 0.2) is 48.9 Å². The van der Waals surface area contributed by atoms with Gasteiger partial charge in [-0.2, -0.15) is 0 Å². The maximum atomic E-state index is 12.3. The number of hydrogen-bond acceptors (Lipinski definition) is 6. The number of nitrogens with one attached hydrogen (secondary N) is 1. The number of benzene rings is 1. The molecule has 0 fully saturated rings. The van der Waals surface area contributed by atoms with Crippen LogP contribution in [0.3, 0.4) is 0 Å². The van der Waals surface area contributed by atoms with Gasteiger partial charge in [-0.15, -0.1) is 0 Å². The average Bonchev–Trinajstić information content (AvgIpc) is 3.03. The van der Waals surface area contributed by atoms with Crippen LogP contribution in [0.25, 0.3) is 11.3 Å². The molecule has 2 aromatic heterocycles. The third-order valence-electron chi connectivity index (χ3n) is 3.66.